The summed E-state index contributed by atoms with van der Waals surface area (Å²) in [6.07, 6.45) is -6.08. The van der Waals surface area contributed by atoms with Crippen LogP contribution in [-0.4, -0.2) is 53.3 Å². The molecule has 0 aromatic heterocycles. The van der Waals surface area contributed by atoms with Gasteiger partial charge in [-0.1, -0.05) is 25.7 Å². The number of hydrogen-bond donors (Lipinski definition) is 2. The maximum absolute atomic E-state index is 13.6. The van der Waals surface area contributed by atoms with Gasteiger partial charge in [0.25, 0.3) is 6.10 Å². The van der Waals surface area contributed by atoms with E-state index >= 15 is 0 Å². The standard InChI is InChI=1S/C21H25F5O8S/c22-20(23,24)17(21(25,26)35(30,31)32)34-16(27)12-33-15-10-13(18(28)5-1-2-6-18)9-14(11-15)19(29)7-3-4-8-19/h9-11,17,28-29H,1-8,12H2,(H,30,31,32)/p-1. The second-order valence-corrected chi connectivity index (χ2v) is 10.4. The molecule has 8 nitrogen and oxygen atoms in total. The lowest BCUT2D eigenvalue weighted by Crippen LogP contribution is -2.52. The van der Waals surface area contributed by atoms with Gasteiger partial charge in [-0.3, -0.25) is 0 Å². The van der Waals surface area contributed by atoms with Crippen LogP contribution in [0.25, 0.3) is 0 Å². The van der Waals surface area contributed by atoms with Crippen LogP contribution in [0.5, 0.6) is 5.75 Å². The van der Waals surface area contributed by atoms with Crippen LogP contribution in [0.4, 0.5) is 22.0 Å². The molecule has 0 spiro atoms. The number of carbonyl (C=O) groups excluding carboxylic acids is 1. The van der Waals surface area contributed by atoms with Gasteiger partial charge in [0, 0.05) is 0 Å². The van der Waals surface area contributed by atoms with E-state index in [1.54, 1.807) is 6.07 Å². The summed E-state index contributed by atoms with van der Waals surface area (Å²) in [5.41, 5.74) is -1.80. The van der Waals surface area contributed by atoms with E-state index in [0.717, 1.165) is 25.7 Å². The predicted molar refractivity (Wildman–Crippen MR) is 107 cm³/mol. The summed E-state index contributed by atoms with van der Waals surface area (Å²) in [7, 11) is -6.82. The Morgan fingerprint density at radius 1 is 0.943 bits per heavy atom. The van der Waals surface area contributed by atoms with Gasteiger partial charge >= 0.3 is 17.4 Å². The fourth-order valence-electron chi connectivity index (χ4n) is 4.48. The molecule has 198 valence electrons. The van der Waals surface area contributed by atoms with Crippen molar-refractivity contribution >= 4 is 16.1 Å². The molecule has 14 heteroatoms. The predicted octanol–water partition coefficient (Wildman–Crippen LogP) is 3.20. The third-order valence-corrected chi connectivity index (χ3v) is 7.27. The molecule has 2 fully saturated rings. The first-order valence-electron chi connectivity index (χ1n) is 10.8. The Hall–Kier alpha value is -2.03. The fraction of sp³-hybridized carbons (Fsp3) is 0.667. The van der Waals surface area contributed by atoms with Gasteiger partial charge in [0.2, 0.25) is 0 Å². The Balaban J connectivity index is 1.83. The lowest BCUT2D eigenvalue weighted by atomic mass is 9.85. The fourth-order valence-corrected chi connectivity index (χ4v) is 4.93. The highest BCUT2D eigenvalue weighted by molar-refractivity contribution is 7.86. The minimum Gasteiger partial charge on any atom is -0.743 e. The molecule has 2 aliphatic rings. The lowest BCUT2D eigenvalue weighted by molar-refractivity contribution is -0.259. The minimum atomic E-state index is -6.82. The van der Waals surface area contributed by atoms with Crippen LogP contribution in [0.15, 0.2) is 18.2 Å². The molecule has 35 heavy (non-hydrogen) atoms. The highest BCUT2D eigenvalue weighted by Crippen LogP contribution is 2.45. The summed E-state index contributed by atoms with van der Waals surface area (Å²) in [6, 6.07) is 4.23. The second kappa shape index (κ2) is 9.45. The molecule has 2 aliphatic carbocycles. The molecule has 0 radical (unpaired) electrons. The Kier molecular flexibility index (Phi) is 7.44. The average molecular weight is 531 g/mol. The average Bonchev–Trinajstić information content (AvgIpc) is 3.38. The van der Waals surface area contributed by atoms with Crippen LogP contribution >= 0.6 is 0 Å². The smallest absolute Gasteiger partial charge is 0.432 e. The molecule has 1 atom stereocenters. The van der Waals surface area contributed by atoms with Crippen molar-refractivity contribution in [1.82, 2.24) is 0 Å². The summed E-state index contributed by atoms with van der Waals surface area (Å²) in [5, 5.41) is 16.0. The highest BCUT2D eigenvalue weighted by Gasteiger charge is 2.63. The minimum absolute atomic E-state index is 0.151. The lowest BCUT2D eigenvalue weighted by Gasteiger charge is -2.30. The van der Waals surface area contributed by atoms with E-state index < -0.39 is 51.4 Å². The van der Waals surface area contributed by atoms with Gasteiger partial charge in [-0.15, -0.1) is 0 Å². The molecule has 1 unspecified atom stereocenters. The number of halogens is 5. The quantitative estimate of drug-likeness (QED) is 0.297. The van der Waals surface area contributed by atoms with Gasteiger partial charge < -0.3 is 24.2 Å². The van der Waals surface area contributed by atoms with Gasteiger partial charge in [0.15, 0.2) is 16.7 Å². The Labute approximate surface area is 197 Å². The maximum Gasteiger partial charge on any atom is 0.432 e. The zero-order valence-corrected chi connectivity index (χ0v) is 19.1. The largest absolute Gasteiger partial charge is 0.743 e. The molecular formula is C21H24F5O8S-. The Bertz CT molecular complexity index is 1000. The Morgan fingerprint density at radius 2 is 1.37 bits per heavy atom. The van der Waals surface area contributed by atoms with Crippen LogP contribution in [-0.2, 0) is 30.9 Å². The number of benzene rings is 1. The summed E-state index contributed by atoms with van der Waals surface area (Å²) in [5.74, 6) is -2.16. The number of ether oxygens (including phenoxy) is 2. The van der Waals surface area contributed by atoms with Crippen molar-refractivity contribution in [3.8, 4) is 5.75 Å². The van der Waals surface area contributed by atoms with Crippen LogP contribution < -0.4 is 4.74 Å². The normalized spacial score (nSPS) is 21.0. The van der Waals surface area contributed by atoms with Crippen LogP contribution in [0.2, 0.25) is 0 Å². The van der Waals surface area contributed by atoms with Crippen molar-refractivity contribution in [2.45, 2.75) is 80.1 Å². The van der Waals surface area contributed by atoms with E-state index in [2.05, 4.69) is 4.74 Å². The van der Waals surface area contributed by atoms with Crippen molar-refractivity contribution in [3.63, 3.8) is 0 Å². The zero-order chi connectivity index (χ0) is 26.3. The molecule has 1 aromatic rings. The van der Waals surface area contributed by atoms with E-state index in [1.165, 1.54) is 12.1 Å². The number of hydrogen-bond acceptors (Lipinski definition) is 8. The topological polar surface area (TPSA) is 133 Å². The molecule has 0 aliphatic heterocycles. The van der Waals surface area contributed by atoms with E-state index in [9.17, 15) is 49.9 Å². The van der Waals surface area contributed by atoms with Crippen molar-refractivity contribution in [3.05, 3.63) is 29.3 Å². The summed E-state index contributed by atoms with van der Waals surface area (Å²) < 4.78 is 107. The number of aliphatic hydroxyl groups is 2. The zero-order valence-electron chi connectivity index (χ0n) is 18.3. The molecule has 2 N–H and O–H groups in total. The van der Waals surface area contributed by atoms with Crippen molar-refractivity contribution < 1.29 is 59.4 Å². The molecule has 0 amide bonds. The number of alkyl halides is 5. The maximum atomic E-state index is 13.6. The highest BCUT2D eigenvalue weighted by atomic mass is 32.2. The van der Waals surface area contributed by atoms with Crippen molar-refractivity contribution in [1.29, 1.82) is 0 Å². The van der Waals surface area contributed by atoms with E-state index in [1.807, 2.05) is 0 Å². The number of rotatable bonds is 8. The van der Waals surface area contributed by atoms with Crippen LogP contribution in [0, 0.1) is 0 Å². The molecule has 3 rings (SSSR count). The molecule has 0 heterocycles. The van der Waals surface area contributed by atoms with Gasteiger partial charge in [0.05, 0.1) is 11.2 Å². The van der Waals surface area contributed by atoms with Gasteiger partial charge in [-0.05, 0) is 55.0 Å². The van der Waals surface area contributed by atoms with Crippen LogP contribution in [0.3, 0.4) is 0 Å². The van der Waals surface area contributed by atoms with Gasteiger partial charge in [-0.25, -0.2) is 13.2 Å². The van der Waals surface area contributed by atoms with Gasteiger partial charge in [-0.2, -0.15) is 22.0 Å². The molecule has 2 saturated carbocycles. The number of carbonyl (C=O) groups is 1. The first-order valence-corrected chi connectivity index (χ1v) is 12.2. The molecule has 0 bridgehead atoms. The third kappa shape index (κ3) is 5.87. The van der Waals surface area contributed by atoms with E-state index in [-0.39, 0.29) is 5.75 Å². The van der Waals surface area contributed by atoms with Crippen LogP contribution in [0.1, 0.15) is 62.5 Å². The monoisotopic (exact) mass is 531 g/mol. The second-order valence-electron chi connectivity index (χ2n) is 8.94. The van der Waals surface area contributed by atoms with Crippen molar-refractivity contribution in [2.75, 3.05) is 6.61 Å². The first-order chi connectivity index (χ1) is 16.0. The molecular weight excluding hydrogens is 507 g/mol. The van der Waals surface area contributed by atoms with Gasteiger partial charge in [0.1, 0.15) is 5.75 Å². The SMILES string of the molecule is O=C(COc1cc(C2(O)CCCC2)cc(C2(O)CCCC2)c1)OC(C(F)(F)F)C(F)(F)S(=O)(=O)[O-]. The summed E-state index contributed by atoms with van der Waals surface area (Å²) in [4.78, 5) is 11.9. The van der Waals surface area contributed by atoms with E-state index in [0.29, 0.717) is 36.8 Å². The Morgan fingerprint density at radius 3 is 1.74 bits per heavy atom. The molecule has 0 saturated heterocycles. The van der Waals surface area contributed by atoms with E-state index in [4.69, 9.17) is 4.74 Å². The summed E-state index contributed by atoms with van der Waals surface area (Å²) >= 11 is 0. The summed E-state index contributed by atoms with van der Waals surface area (Å²) in [6.45, 7) is -1.35. The third-order valence-electron chi connectivity index (χ3n) is 6.38. The first kappa shape index (κ1) is 27.6. The number of esters is 1. The van der Waals surface area contributed by atoms with Crippen molar-refractivity contribution in [2.24, 2.45) is 0 Å². The molecule has 1 aromatic carbocycles.